The molecule has 2 rings (SSSR count). The Morgan fingerprint density at radius 1 is 1.19 bits per heavy atom. The van der Waals surface area contributed by atoms with Crippen LogP contribution in [0, 0.1) is 40.1 Å². The summed E-state index contributed by atoms with van der Waals surface area (Å²) in [6.07, 6.45) is 0. The van der Waals surface area contributed by atoms with E-state index in [0.29, 0.717) is 26.1 Å². The predicted molar refractivity (Wildman–Crippen MR) is 86.8 cm³/mol. The van der Waals surface area contributed by atoms with E-state index in [2.05, 4.69) is 11.1 Å². The molecule has 104 valence electrons. The fourth-order valence-corrected chi connectivity index (χ4v) is 2.65. The van der Waals surface area contributed by atoms with E-state index in [1.807, 2.05) is 48.6 Å². The molecule has 1 heterocycles. The average Bonchev–Trinajstić information content (AvgIpc) is 2.42. The Morgan fingerprint density at radius 2 is 1.90 bits per heavy atom. The van der Waals surface area contributed by atoms with Crippen molar-refractivity contribution >= 4 is 28.3 Å². The number of hydrogen-bond donors (Lipinski definition) is 1. The van der Waals surface area contributed by atoms with Gasteiger partial charge in [-0.15, -0.1) is 0 Å². The molecule has 0 fully saturated rings. The van der Waals surface area contributed by atoms with Gasteiger partial charge >= 0.3 is 0 Å². The Morgan fingerprint density at radius 3 is 2.48 bits per heavy atom. The number of nitriles is 2. The Labute approximate surface area is 136 Å². The van der Waals surface area contributed by atoms with Gasteiger partial charge in [0.2, 0.25) is 5.88 Å². The second kappa shape index (κ2) is 5.98. The van der Waals surface area contributed by atoms with Gasteiger partial charge in [-0.3, -0.25) is 0 Å². The molecule has 6 heteroatoms. The van der Waals surface area contributed by atoms with Crippen LogP contribution in [-0.4, -0.2) is 4.98 Å². The van der Waals surface area contributed by atoms with Crippen LogP contribution in [-0.2, 0) is 0 Å². The number of halogens is 1. The standard InChI is InChI=1S/C15H11IN4O/c1-8-3-9(2)20-15(11(8)7-18)21-14-12(16)4-10(6-17)5-13(14)19/h3-5H,19H2,1-2H3. The number of benzene rings is 1. The summed E-state index contributed by atoms with van der Waals surface area (Å²) in [5, 5.41) is 18.2. The Balaban J connectivity index is 2.54. The number of hydrogen-bond acceptors (Lipinski definition) is 5. The van der Waals surface area contributed by atoms with Gasteiger partial charge in [0.05, 0.1) is 20.9 Å². The van der Waals surface area contributed by atoms with Gasteiger partial charge in [-0.1, -0.05) is 0 Å². The van der Waals surface area contributed by atoms with Crippen LogP contribution in [0.15, 0.2) is 18.2 Å². The number of anilines is 1. The fourth-order valence-electron chi connectivity index (χ4n) is 1.90. The zero-order valence-electron chi connectivity index (χ0n) is 11.4. The molecule has 0 radical (unpaired) electrons. The molecule has 5 nitrogen and oxygen atoms in total. The number of nitrogens with two attached hydrogens (primary N) is 1. The zero-order chi connectivity index (χ0) is 15.6. The first-order chi connectivity index (χ1) is 9.96. The third-order valence-electron chi connectivity index (χ3n) is 2.82. The number of aryl methyl sites for hydroxylation is 2. The van der Waals surface area contributed by atoms with Crippen molar-refractivity contribution in [1.82, 2.24) is 4.98 Å². The molecule has 2 N–H and O–H groups in total. The Hall–Kier alpha value is -2.32. The second-order valence-corrected chi connectivity index (χ2v) is 5.62. The van der Waals surface area contributed by atoms with Gasteiger partial charge in [0.1, 0.15) is 11.6 Å². The fraction of sp³-hybridized carbons (Fsp3) is 0.133. The maximum Gasteiger partial charge on any atom is 0.237 e. The molecule has 0 amide bonds. The Bertz CT molecular complexity index is 780. The van der Waals surface area contributed by atoms with Gasteiger partial charge in [-0.2, -0.15) is 10.5 Å². The highest BCUT2D eigenvalue weighted by Crippen LogP contribution is 2.34. The smallest absolute Gasteiger partial charge is 0.237 e. The van der Waals surface area contributed by atoms with Crippen molar-refractivity contribution < 1.29 is 4.74 Å². The van der Waals surface area contributed by atoms with Crippen LogP contribution in [0.1, 0.15) is 22.4 Å². The lowest BCUT2D eigenvalue weighted by Crippen LogP contribution is -2.01. The molecule has 0 spiro atoms. The minimum Gasteiger partial charge on any atom is -0.434 e. The van der Waals surface area contributed by atoms with Crippen molar-refractivity contribution in [2.45, 2.75) is 13.8 Å². The normalized spacial score (nSPS) is 9.76. The molecular weight excluding hydrogens is 379 g/mol. The van der Waals surface area contributed by atoms with Crippen LogP contribution < -0.4 is 10.5 Å². The molecule has 0 atom stereocenters. The van der Waals surface area contributed by atoms with Crippen LogP contribution in [0.3, 0.4) is 0 Å². The summed E-state index contributed by atoms with van der Waals surface area (Å²) in [7, 11) is 0. The second-order valence-electron chi connectivity index (χ2n) is 4.46. The summed E-state index contributed by atoms with van der Waals surface area (Å²) < 4.78 is 6.44. The number of pyridine rings is 1. The van der Waals surface area contributed by atoms with E-state index in [1.165, 1.54) is 6.07 Å². The minimum absolute atomic E-state index is 0.226. The summed E-state index contributed by atoms with van der Waals surface area (Å²) in [5.74, 6) is 0.632. The first-order valence-corrected chi connectivity index (χ1v) is 7.09. The van der Waals surface area contributed by atoms with Crippen molar-refractivity contribution in [1.29, 1.82) is 10.5 Å². The first kappa shape index (κ1) is 15.1. The summed E-state index contributed by atoms with van der Waals surface area (Å²) in [6.45, 7) is 3.65. The summed E-state index contributed by atoms with van der Waals surface area (Å²) >= 11 is 2.04. The van der Waals surface area contributed by atoms with E-state index in [9.17, 15) is 5.26 Å². The topological polar surface area (TPSA) is 95.7 Å². The highest BCUT2D eigenvalue weighted by atomic mass is 127. The van der Waals surface area contributed by atoms with Crippen LogP contribution >= 0.6 is 22.6 Å². The summed E-state index contributed by atoms with van der Waals surface area (Å²) in [5.41, 5.74) is 8.64. The molecule has 0 unspecified atom stereocenters. The van der Waals surface area contributed by atoms with Crippen LogP contribution in [0.5, 0.6) is 11.6 Å². The molecule has 0 aliphatic carbocycles. The highest BCUT2D eigenvalue weighted by Gasteiger charge is 2.15. The van der Waals surface area contributed by atoms with E-state index in [0.717, 1.165) is 11.3 Å². The van der Waals surface area contributed by atoms with Crippen molar-refractivity contribution in [2.24, 2.45) is 0 Å². The van der Waals surface area contributed by atoms with Gasteiger partial charge < -0.3 is 10.5 Å². The molecular formula is C15H11IN4O. The van der Waals surface area contributed by atoms with Gasteiger partial charge in [0.25, 0.3) is 0 Å². The van der Waals surface area contributed by atoms with Gasteiger partial charge in [0, 0.05) is 5.69 Å². The lowest BCUT2D eigenvalue weighted by atomic mass is 10.1. The van der Waals surface area contributed by atoms with Gasteiger partial charge in [0.15, 0.2) is 5.75 Å². The van der Waals surface area contributed by atoms with Crippen molar-refractivity contribution in [3.8, 4) is 23.8 Å². The molecule has 0 aliphatic heterocycles. The molecule has 1 aromatic carbocycles. The van der Waals surface area contributed by atoms with Gasteiger partial charge in [-0.05, 0) is 60.2 Å². The summed E-state index contributed by atoms with van der Waals surface area (Å²) in [4.78, 5) is 4.26. The zero-order valence-corrected chi connectivity index (χ0v) is 13.6. The average molecular weight is 390 g/mol. The van der Waals surface area contributed by atoms with Crippen molar-refractivity contribution in [3.05, 3.63) is 44.2 Å². The van der Waals surface area contributed by atoms with E-state index >= 15 is 0 Å². The third kappa shape index (κ3) is 3.06. The van der Waals surface area contributed by atoms with E-state index < -0.39 is 0 Å². The first-order valence-electron chi connectivity index (χ1n) is 6.01. The Kier molecular flexibility index (Phi) is 4.29. The highest BCUT2D eigenvalue weighted by molar-refractivity contribution is 14.1. The number of nitrogens with zero attached hydrogens (tertiary/aromatic N) is 3. The number of ether oxygens (including phenoxy) is 1. The molecule has 1 aromatic heterocycles. The SMILES string of the molecule is Cc1cc(C)c(C#N)c(Oc2c(N)cc(C#N)cc2I)n1. The monoisotopic (exact) mass is 390 g/mol. The van der Waals surface area contributed by atoms with E-state index in [4.69, 9.17) is 15.7 Å². The van der Waals surface area contributed by atoms with Crippen molar-refractivity contribution in [2.75, 3.05) is 5.73 Å². The molecule has 21 heavy (non-hydrogen) atoms. The van der Waals surface area contributed by atoms with Gasteiger partial charge in [-0.25, -0.2) is 4.98 Å². The van der Waals surface area contributed by atoms with Crippen LogP contribution in [0.2, 0.25) is 0 Å². The maximum absolute atomic E-state index is 9.24. The maximum atomic E-state index is 9.24. The predicted octanol–water partition coefficient (Wildman–Crippen LogP) is 3.42. The lowest BCUT2D eigenvalue weighted by Gasteiger charge is -2.12. The van der Waals surface area contributed by atoms with Crippen molar-refractivity contribution in [3.63, 3.8) is 0 Å². The lowest BCUT2D eigenvalue weighted by molar-refractivity contribution is 0.458. The number of aromatic nitrogens is 1. The quantitative estimate of drug-likeness (QED) is 0.626. The molecule has 0 aliphatic rings. The molecule has 0 bridgehead atoms. The number of nitrogen functional groups attached to an aromatic ring is 1. The van der Waals surface area contributed by atoms with E-state index in [-0.39, 0.29) is 5.88 Å². The van der Waals surface area contributed by atoms with Crippen LogP contribution in [0.25, 0.3) is 0 Å². The van der Waals surface area contributed by atoms with E-state index in [1.54, 1.807) is 6.07 Å². The summed E-state index contributed by atoms with van der Waals surface area (Å²) in [6, 6.07) is 9.14. The third-order valence-corrected chi connectivity index (χ3v) is 3.62. The molecule has 0 saturated carbocycles. The molecule has 0 saturated heterocycles. The van der Waals surface area contributed by atoms with Crippen LogP contribution in [0.4, 0.5) is 5.69 Å². The number of rotatable bonds is 2. The minimum atomic E-state index is 0.226. The molecule has 2 aromatic rings. The largest absolute Gasteiger partial charge is 0.434 e.